The fourth-order valence-electron chi connectivity index (χ4n) is 4.24. The predicted molar refractivity (Wildman–Crippen MR) is 109 cm³/mol. The van der Waals surface area contributed by atoms with Gasteiger partial charge in [0.2, 0.25) is 0 Å². The first-order valence-electron chi connectivity index (χ1n) is 10.2. The number of ether oxygens (including phenoxy) is 1. The van der Waals surface area contributed by atoms with Crippen molar-refractivity contribution in [2.45, 2.75) is 64.4 Å². The molecule has 1 aromatic carbocycles. The zero-order chi connectivity index (χ0) is 18.2. The number of benzene rings is 1. The average molecular weight is 394 g/mol. The molecule has 1 aromatic rings. The molecule has 0 radical (unpaired) electrons. The van der Waals surface area contributed by atoms with Gasteiger partial charge in [0.1, 0.15) is 17.8 Å². The third kappa shape index (κ3) is 5.79. The van der Waals surface area contributed by atoms with Gasteiger partial charge in [0.05, 0.1) is 0 Å². The molecule has 1 saturated carbocycles. The quantitative estimate of drug-likeness (QED) is 0.525. The Balaban J connectivity index is 0.00000261. The molecule has 0 bridgehead atoms. The van der Waals surface area contributed by atoms with Gasteiger partial charge >= 0.3 is 5.97 Å². The van der Waals surface area contributed by atoms with Crippen molar-refractivity contribution in [2.24, 2.45) is 5.41 Å². The molecule has 1 heterocycles. The summed E-state index contributed by atoms with van der Waals surface area (Å²) in [6.07, 6.45) is 8.63. The maximum absolute atomic E-state index is 13.0. The number of likely N-dealkylation sites (tertiary alicyclic amines) is 1. The highest BCUT2D eigenvalue weighted by Gasteiger charge is 2.47. The number of nitrogens with zero attached hydrogens (tertiary/aromatic N) is 1. The second-order valence-corrected chi connectivity index (χ2v) is 7.78. The molecule has 27 heavy (non-hydrogen) atoms. The second kappa shape index (κ2) is 10.8. The van der Waals surface area contributed by atoms with Crippen molar-refractivity contribution >= 4 is 24.2 Å². The maximum Gasteiger partial charge on any atom is 0.320 e. The van der Waals surface area contributed by atoms with E-state index in [1.165, 1.54) is 25.7 Å². The summed E-state index contributed by atoms with van der Waals surface area (Å²) in [5, 5.41) is 0. The van der Waals surface area contributed by atoms with Gasteiger partial charge in [-0.25, -0.2) is 0 Å². The molecule has 0 N–H and O–H groups in total. The molecular formula is C22H32ClNO3. The summed E-state index contributed by atoms with van der Waals surface area (Å²) in [7, 11) is 0. The van der Waals surface area contributed by atoms with Crippen molar-refractivity contribution in [3.8, 4) is 0 Å². The summed E-state index contributed by atoms with van der Waals surface area (Å²) < 4.78 is 5.63. The molecule has 150 valence electrons. The number of esters is 1. The molecule has 0 unspecified atom stereocenters. The van der Waals surface area contributed by atoms with Crippen molar-refractivity contribution in [3.05, 3.63) is 35.9 Å². The molecule has 0 aromatic heterocycles. The third-order valence-electron chi connectivity index (χ3n) is 5.95. The second-order valence-electron chi connectivity index (χ2n) is 7.78. The number of halogens is 1. The lowest BCUT2D eigenvalue weighted by Gasteiger charge is -2.35. The van der Waals surface area contributed by atoms with Gasteiger partial charge in [-0.15, -0.1) is 12.4 Å². The molecule has 5 heteroatoms. The first-order valence-corrected chi connectivity index (χ1v) is 10.2. The molecule has 3 rings (SSSR count). The van der Waals surface area contributed by atoms with Gasteiger partial charge in [0, 0.05) is 6.42 Å². The minimum absolute atomic E-state index is 0. The standard InChI is InChI=1S/C22H31NO3.ClH/c24-20-12-6-7-13-22(20,14-17-23-15-8-1-2-9-16-23)21(25)26-18-19-10-4-3-5-11-19;/h3-5,10-11H,1-2,6-9,12-18H2;1H/t22-;/m0./s1. The van der Waals surface area contributed by atoms with Crippen molar-refractivity contribution < 1.29 is 14.3 Å². The predicted octanol–water partition coefficient (Wildman–Crippen LogP) is 4.55. The number of carbonyl (C=O) groups excluding carboxylic acids is 2. The van der Waals surface area contributed by atoms with E-state index in [1.54, 1.807) is 0 Å². The van der Waals surface area contributed by atoms with Crippen LogP contribution in [0.1, 0.15) is 63.4 Å². The van der Waals surface area contributed by atoms with E-state index in [0.717, 1.165) is 38.0 Å². The normalized spacial score (nSPS) is 23.9. The van der Waals surface area contributed by atoms with Crippen LogP contribution in [-0.2, 0) is 20.9 Å². The van der Waals surface area contributed by atoms with Crippen molar-refractivity contribution in [2.75, 3.05) is 19.6 Å². The van der Waals surface area contributed by atoms with E-state index in [2.05, 4.69) is 4.90 Å². The van der Waals surface area contributed by atoms with E-state index >= 15 is 0 Å². The Morgan fingerprint density at radius 3 is 2.37 bits per heavy atom. The summed E-state index contributed by atoms with van der Waals surface area (Å²) in [5.74, 6) is -0.211. The molecule has 0 spiro atoms. The third-order valence-corrected chi connectivity index (χ3v) is 5.95. The minimum atomic E-state index is -0.917. The Kier molecular flexibility index (Phi) is 8.78. The molecule has 2 fully saturated rings. The maximum atomic E-state index is 13.0. The van der Waals surface area contributed by atoms with Gasteiger partial charge in [-0.1, -0.05) is 49.6 Å². The van der Waals surface area contributed by atoms with Crippen molar-refractivity contribution in [1.29, 1.82) is 0 Å². The number of rotatable bonds is 6. The molecule has 0 amide bonds. The summed E-state index contributed by atoms with van der Waals surface area (Å²) >= 11 is 0. The molecule has 1 aliphatic heterocycles. The number of carbonyl (C=O) groups is 2. The Bertz CT molecular complexity index is 599. The summed E-state index contributed by atoms with van der Waals surface area (Å²) in [6.45, 7) is 3.25. The largest absolute Gasteiger partial charge is 0.460 e. The van der Waals surface area contributed by atoms with Crippen molar-refractivity contribution in [3.63, 3.8) is 0 Å². The van der Waals surface area contributed by atoms with Crippen LogP contribution >= 0.6 is 12.4 Å². The van der Waals surface area contributed by atoms with Gasteiger partial charge in [-0.3, -0.25) is 9.59 Å². The molecule has 1 aliphatic carbocycles. The van der Waals surface area contributed by atoms with E-state index in [4.69, 9.17) is 4.74 Å². The fourth-order valence-corrected chi connectivity index (χ4v) is 4.24. The van der Waals surface area contributed by atoms with E-state index in [1.807, 2.05) is 30.3 Å². The van der Waals surface area contributed by atoms with E-state index in [0.29, 0.717) is 19.3 Å². The van der Waals surface area contributed by atoms with Crippen molar-refractivity contribution in [1.82, 2.24) is 4.90 Å². The van der Waals surface area contributed by atoms with Crippen LogP contribution in [0.3, 0.4) is 0 Å². The van der Waals surface area contributed by atoms with Crippen LogP contribution in [0.4, 0.5) is 0 Å². The first kappa shape index (κ1) is 21.9. The number of Topliss-reactive ketones (excluding diaryl/α,β-unsaturated/α-hetero) is 1. The number of hydrogen-bond donors (Lipinski definition) is 0. The summed E-state index contributed by atoms with van der Waals surface area (Å²) in [6, 6.07) is 9.70. The SMILES string of the molecule is Cl.O=C1CCCC[C@@]1(CCN1CCCCCC1)C(=O)OCc1ccccc1. The molecule has 1 atom stereocenters. The summed E-state index contributed by atoms with van der Waals surface area (Å²) in [5.41, 5.74) is 0.0473. The van der Waals surface area contributed by atoms with Crippen LogP contribution in [0, 0.1) is 5.41 Å². The zero-order valence-corrected chi connectivity index (χ0v) is 17.0. The topological polar surface area (TPSA) is 46.6 Å². The van der Waals surface area contributed by atoms with Gasteiger partial charge < -0.3 is 9.64 Å². The first-order chi connectivity index (χ1) is 12.7. The highest BCUT2D eigenvalue weighted by molar-refractivity contribution is 6.04. The smallest absolute Gasteiger partial charge is 0.320 e. The van der Waals surface area contributed by atoms with Crippen LogP contribution in [0.15, 0.2) is 30.3 Å². The lowest BCUT2D eigenvalue weighted by molar-refractivity contribution is -0.164. The fraction of sp³-hybridized carbons (Fsp3) is 0.636. The van der Waals surface area contributed by atoms with E-state index in [9.17, 15) is 9.59 Å². The molecule has 4 nitrogen and oxygen atoms in total. The molecule has 2 aliphatic rings. The lowest BCUT2D eigenvalue weighted by atomic mass is 9.70. The molecular weight excluding hydrogens is 362 g/mol. The Morgan fingerprint density at radius 1 is 1.00 bits per heavy atom. The van der Waals surface area contributed by atoms with Gasteiger partial charge in [0.15, 0.2) is 0 Å². The van der Waals surface area contributed by atoms with Gasteiger partial charge in [0.25, 0.3) is 0 Å². The van der Waals surface area contributed by atoms with Crippen LogP contribution < -0.4 is 0 Å². The average Bonchev–Trinajstić information content (AvgIpc) is 2.95. The minimum Gasteiger partial charge on any atom is -0.460 e. The highest BCUT2D eigenvalue weighted by Crippen LogP contribution is 2.38. The van der Waals surface area contributed by atoms with Crippen LogP contribution in [0.2, 0.25) is 0 Å². The van der Waals surface area contributed by atoms with Gasteiger partial charge in [-0.05, 0) is 57.3 Å². The van der Waals surface area contributed by atoms with Crippen LogP contribution in [0.5, 0.6) is 0 Å². The lowest BCUT2D eigenvalue weighted by Crippen LogP contribution is -2.45. The van der Waals surface area contributed by atoms with E-state index in [-0.39, 0.29) is 30.8 Å². The number of ketones is 1. The monoisotopic (exact) mass is 393 g/mol. The Morgan fingerprint density at radius 2 is 1.70 bits per heavy atom. The zero-order valence-electron chi connectivity index (χ0n) is 16.2. The summed E-state index contributed by atoms with van der Waals surface area (Å²) in [4.78, 5) is 28.2. The Labute approximate surface area is 169 Å². The highest BCUT2D eigenvalue weighted by atomic mass is 35.5. The van der Waals surface area contributed by atoms with Crippen LogP contribution in [0.25, 0.3) is 0 Å². The Hall–Kier alpha value is -1.39. The molecule has 1 saturated heterocycles. The van der Waals surface area contributed by atoms with Gasteiger partial charge in [-0.2, -0.15) is 0 Å². The number of hydrogen-bond acceptors (Lipinski definition) is 4. The van der Waals surface area contributed by atoms with E-state index < -0.39 is 5.41 Å². The van der Waals surface area contributed by atoms with Crippen LogP contribution in [-0.4, -0.2) is 36.3 Å².